The van der Waals surface area contributed by atoms with Gasteiger partial charge in [-0.25, -0.2) is 4.99 Å². The van der Waals surface area contributed by atoms with Gasteiger partial charge in [0.25, 0.3) is 5.23 Å². The predicted molar refractivity (Wildman–Crippen MR) is 122 cm³/mol. The van der Waals surface area contributed by atoms with Crippen LogP contribution in [0.1, 0.15) is 85.0 Å². The minimum absolute atomic E-state index is 0.155. The summed E-state index contributed by atoms with van der Waals surface area (Å²) in [6, 6.07) is 10.0. The average Bonchev–Trinajstić information content (AvgIpc) is 2.63. The molecule has 0 unspecified atom stereocenters. The Labute approximate surface area is 169 Å². The number of aliphatic imine (C=N–C) groups is 1. The molecule has 0 atom stereocenters. The zero-order chi connectivity index (χ0) is 18.9. The number of ether oxygens (including phenoxy) is 1. The topological polar surface area (TPSA) is 21.6 Å². The fourth-order valence-corrected chi connectivity index (χ4v) is 4.63. The maximum absolute atomic E-state index is 5.85. The van der Waals surface area contributed by atoms with E-state index in [0.29, 0.717) is 0 Å². The van der Waals surface area contributed by atoms with Crippen LogP contribution in [0.25, 0.3) is 0 Å². The Hall–Kier alpha value is -0.610. The molecule has 4 heteroatoms. The molecule has 0 aliphatic heterocycles. The lowest BCUT2D eigenvalue weighted by molar-refractivity contribution is 0.237. The molecule has 2 nitrogen and oxygen atoms in total. The highest BCUT2D eigenvalue weighted by Gasteiger charge is 2.06. The van der Waals surface area contributed by atoms with Crippen molar-refractivity contribution in [3.63, 3.8) is 0 Å². The number of hydrogen-bond acceptors (Lipinski definition) is 4. The van der Waals surface area contributed by atoms with Gasteiger partial charge in [0.2, 0.25) is 0 Å². The van der Waals surface area contributed by atoms with Crippen molar-refractivity contribution in [3.05, 3.63) is 30.3 Å². The lowest BCUT2D eigenvalue weighted by atomic mass is 10.1. The predicted octanol–water partition coefficient (Wildman–Crippen LogP) is 8.40. The maximum Gasteiger partial charge on any atom is 0.262 e. The van der Waals surface area contributed by atoms with E-state index in [1.165, 1.54) is 64.2 Å². The highest BCUT2D eigenvalue weighted by atomic mass is 33.1. The van der Waals surface area contributed by atoms with Gasteiger partial charge in [-0.1, -0.05) is 93.7 Å². The van der Waals surface area contributed by atoms with Gasteiger partial charge in [0, 0.05) is 16.5 Å². The normalized spacial score (nSPS) is 11.9. The van der Waals surface area contributed by atoms with Gasteiger partial charge >= 0.3 is 0 Å². The molecule has 0 aliphatic rings. The van der Waals surface area contributed by atoms with E-state index in [4.69, 9.17) is 4.74 Å². The fourth-order valence-electron chi connectivity index (χ4n) is 2.61. The van der Waals surface area contributed by atoms with E-state index >= 15 is 0 Å². The van der Waals surface area contributed by atoms with E-state index in [9.17, 15) is 0 Å². The molecule has 0 radical (unpaired) electrons. The lowest BCUT2D eigenvalue weighted by Gasteiger charge is -2.11. The van der Waals surface area contributed by atoms with E-state index in [-0.39, 0.29) is 6.10 Å². The standard InChI is InChI=1S/C22H37NOS2/c1-4-5-6-7-8-9-10-11-12-16-19-25-26-22(24-20(2)3)23-21-17-14-13-15-18-21/h13-15,17-18,20H,4-12,16,19H2,1-3H3. The quantitative estimate of drug-likeness (QED) is 0.137. The summed E-state index contributed by atoms with van der Waals surface area (Å²) in [6.07, 6.45) is 14.0. The number of rotatable bonds is 14. The molecular formula is C22H37NOS2. The van der Waals surface area contributed by atoms with Gasteiger partial charge in [0.05, 0.1) is 11.8 Å². The third kappa shape index (κ3) is 13.6. The van der Waals surface area contributed by atoms with Crippen LogP contribution >= 0.6 is 21.6 Å². The number of para-hydroxylation sites is 1. The molecule has 1 aromatic carbocycles. The summed E-state index contributed by atoms with van der Waals surface area (Å²) in [5.74, 6) is 1.16. The van der Waals surface area contributed by atoms with Crippen LogP contribution in [0, 0.1) is 0 Å². The summed E-state index contributed by atoms with van der Waals surface area (Å²) in [4.78, 5) is 4.62. The Balaban J connectivity index is 2.09. The fraction of sp³-hybridized carbons (Fsp3) is 0.682. The minimum Gasteiger partial charge on any atom is -0.470 e. The second kappa shape index (κ2) is 16.6. The van der Waals surface area contributed by atoms with Gasteiger partial charge < -0.3 is 4.74 Å². The molecule has 0 aromatic heterocycles. The molecule has 26 heavy (non-hydrogen) atoms. The zero-order valence-electron chi connectivity index (χ0n) is 16.9. The SMILES string of the molecule is CCCCCCCCCCCCSSC(=Nc1ccccc1)OC(C)C. The first-order valence-corrected chi connectivity index (χ1v) is 12.6. The number of nitrogens with zero attached hydrogens (tertiary/aromatic N) is 1. The molecule has 148 valence electrons. The van der Waals surface area contributed by atoms with E-state index in [0.717, 1.165) is 16.7 Å². The molecule has 0 amide bonds. The second-order valence-electron chi connectivity index (χ2n) is 6.97. The molecule has 1 rings (SSSR count). The summed E-state index contributed by atoms with van der Waals surface area (Å²) in [5, 5.41) is 0.767. The third-order valence-electron chi connectivity index (χ3n) is 4.02. The lowest BCUT2D eigenvalue weighted by Crippen LogP contribution is -2.07. The molecule has 0 bridgehead atoms. The molecule has 0 N–H and O–H groups in total. The molecule has 0 saturated heterocycles. The van der Waals surface area contributed by atoms with Crippen molar-refractivity contribution in [1.82, 2.24) is 0 Å². The van der Waals surface area contributed by atoms with Gasteiger partial charge in [0.1, 0.15) is 0 Å². The molecule has 0 saturated carbocycles. The van der Waals surface area contributed by atoms with Crippen molar-refractivity contribution >= 4 is 32.5 Å². The number of hydrogen-bond donors (Lipinski definition) is 0. The van der Waals surface area contributed by atoms with Crippen LogP contribution in [0.3, 0.4) is 0 Å². The Bertz CT molecular complexity index is 462. The van der Waals surface area contributed by atoms with Crippen LogP contribution in [0.5, 0.6) is 0 Å². The van der Waals surface area contributed by atoms with Crippen LogP contribution in [0.2, 0.25) is 0 Å². The molecule has 0 heterocycles. The summed E-state index contributed by atoms with van der Waals surface area (Å²) in [5.41, 5.74) is 0.954. The van der Waals surface area contributed by atoms with Crippen molar-refractivity contribution in [2.45, 2.75) is 91.1 Å². The minimum atomic E-state index is 0.155. The van der Waals surface area contributed by atoms with E-state index < -0.39 is 0 Å². The molecular weight excluding hydrogens is 358 g/mol. The molecule has 1 aromatic rings. The van der Waals surface area contributed by atoms with Crippen molar-refractivity contribution in [2.24, 2.45) is 4.99 Å². The van der Waals surface area contributed by atoms with Crippen LogP contribution in [-0.4, -0.2) is 17.1 Å². The van der Waals surface area contributed by atoms with Gasteiger partial charge in [-0.15, -0.1) is 0 Å². The first-order chi connectivity index (χ1) is 12.7. The largest absolute Gasteiger partial charge is 0.470 e. The average molecular weight is 396 g/mol. The highest BCUT2D eigenvalue weighted by Crippen LogP contribution is 2.28. The molecule has 0 aliphatic carbocycles. The second-order valence-corrected chi connectivity index (χ2v) is 9.33. The van der Waals surface area contributed by atoms with Crippen LogP contribution in [0.4, 0.5) is 5.69 Å². The van der Waals surface area contributed by atoms with Gasteiger partial charge in [0.15, 0.2) is 0 Å². The van der Waals surface area contributed by atoms with Crippen LogP contribution in [0.15, 0.2) is 35.3 Å². The monoisotopic (exact) mass is 395 g/mol. The van der Waals surface area contributed by atoms with Crippen molar-refractivity contribution in [3.8, 4) is 0 Å². The summed E-state index contributed by atoms with van der Waals surface area (Å²) in [7, 11) is 3.53. The van der Waals surface area contributed by atoms with Crippen LogP contribution in [-0.2, 0) is 4.74 Å². The van der Waals surface area contributed by atoms with Gasteiger partial charge in [-0.2, -0.15) is 0 Å². The molecule has 0 spiro atoms. The summed E-state index contributed by atoms with van der Waals surface area (Å²) >= 11 is 0. The van der Waals surface area contributed by atoms with E-state index in [2.05, 4.69) is 11.9 Å². The smallest absolute Gasteiger partial charge is 0.262 e. The Kier molecular flexibility index (Phi) is 14.9. The van der Waals surface area contributed by atoms with E-state index in [1.54, 1.807) is 10.8 Å². The number of unbranched alkanes of at least 4 members (excludes halogenated alkanes) is 9. The van der Waals surface area contributed by atoms with Gasteiger partial charge in [-0.3, -0.25) is 0 Å². The van der Waals surface area contributed by atoms with Crippen molar-refractivity contribution < 1.29 is 4.74 Å². The summed E-state index contributed by atoms with van der Waals surface area (Å²) < 4.78 is 5.85. The zero-order valence-corrected chi connectivity index (χ0v) is 18.5. The van der Waals surface area contributed by atoms with Crippen LogP contribution < -0.4 is 0 Å². The van der Waals surface area contributed by atoms with Gasteiger partial charge in [-0.05, 0) is 32.4 Å². The highest BCUT2D eigenvalue weighted by molar-refractivity contribution is 8.82. The summed E-state index contributed by atoms with van der Waals surface area (Å²) in [6.45, 7) is 6.38. The third-order valence-corrected chi connectivity index (χ3v) is 6.21. The van der Waals surface area contributed by atoms with Crippen molar-refractivity contribution in [1.29, 1.82) is 0 Å². The Morgan fingerprint density at radius 2 is 1.46 bits per heavy atom. The maximum atomic E-state index is 5.85. The Morgan fingerprint density at radius 3 is 2.04 bits per heavy atom. The first-order valence-electron chi connectivity index (χ1n) is 10.3. The molecule has 0 fully saturated rings. The Morgan fingerprint density at radius 1 is 0.885 bits per heavy atom. The van der Waals surface area contributed by atoms with E-state index in [1.807, 2.05) is 55.0 Å². The number of benzene rings is 1. The van der Waals surface area contributed by atoms with Crippen molar-refractivity contribution in [2.75, 3.05) is 5.75 Å². The first kappa shape index (κ1) is 23.4.